The Balaban J connectivity index is 1.60. The zero-order valence-electron chi connectivity index (χ0n) is 18.6. The Hall–Kier alpha value is -4.43. The van der Waals surface area contributed by atoms with Gasteiger partial charge < -0.3 is 16.0 Å². The summed E-state index contributed by atoms with van der Waals surface area (Å²) < 4.78 is 28.3. The predicted octanol–water partition coefficient (Wildman–Crippen LogP) is 4.27. The Bertz CT molecular complexity index is 1640. The maximum atomic E-state index is 13.3. The number of imidazole rings is 1. The van der Waals surface area contributed by atoms with Crippen LogP contribution in [0.25, 0.3) is 22.2 Å². The number of nitrogens with two attached hydrogens (primary N) is 2. The molecule has 0 aliphatic heterocycles. The lowest BCUT2D eigenvalue weighted by atomic mass is 10.0. The van der Waals surface area contributed by atoms with Gasteiger partial charge in [-0.15, -0.1) is 0 Å². The molecule has 0 aliphatic rings. The number of hydrogen-bond donors (Lipinski definition) is 2. The first kappa shape index (κ1) is 22.4. The van der Waals surface area contributed by atoms with Crippen molar-refractivity contribution >= 4 is 32.7 Å². The SMILES string of the molecule is NC(=O)c1cc(S(=O)(=O)c2ccccc2)cc2c1nc(N)n2Cc1ccc(-c2ccccc2)cc1. The fourth-order valence-corrected chi connectivity index (χ4v) is 5.40. The molecule has 7 nitrogen and oxygen atoms in total. The van der Waals surface area contributed by atoms with Crippen LogP contribution in [-0.2, 0) is 16.4 Å². The van der Waals surface area contributed by atoms with E-state index in [-0.39, 0.29) is 26.8 Å². The molecule has 0 radical (unpaired) electrons. The lowest BCUT2D eigenvalue weighted by Gasteiger charge is -2.11. The summed E-state index contributed by atoms with van der Waals surface area (Å²) in [4.78, 5) is 16.6. The van der Waals surface area contributed by atoms with Gasteiger partial charge in [-0.3, -0.25) is 4.79 Å². The second kappa shape index (κ2) is 8.73. The zero-order valence-corrected chi connectivity index (χ0v) is 19.4. The van der Waals surface area contributed by atoms with Gasteiger partial charge in [0.25, 0.3) is 5.91 Å². The number of sulfone groups is 1. The quantitative estimate of drug-likeness (QED) is 0.374. The first-order valence-corrected chi connectivity index (χ1v) is 12.4. The number of rotatable bonds is 6. The van der Waals surface area contributed by atoms with Crippen LogP contribution in [-0.4, -0.2) is 23.9 Å². The van der Waals surface area contributed by atoms with Crippen LogP contribution >= 0.6 is 0 Å². The Morgan fingerprint density at radius 2 is 1.40 bits per heavy atom. The van der Waals surface area contributed by atoms with Gasteiger partial charge in [-0.05, 0) is 41.0 Å². The van der Waals surface area contributed by atoms with Crippen molar-refractivity contribution in [1.29, 1.82) is 0 Å². The van der Waals surface area contributed by atoms with Crippen LogP contribution in [0.3, 0.4) is 0 Å². The number of nitrogen functional groups attached to an aromatic ring is 1. The number of amides is 1. The third-order valence-corrected chi connectivity index (χ3v) is 7.64. The number of anilines is 1. The largest absolute Gasteiger partial charge is 0.369 e. The van der Waals surface area contributed by atoms with Crippen molar-refractivity contribution in [3.05, 3.63) is 108 Å². The van der Waals surface area contributed by atoms with Gasteiger partial charge in [0.05, 0.1) is 27.4 Å². The maximum Gasteiger partial charge on any atom is 0.251 e. The molecule has 1 heterocycles. The van der Waals surface area contributed by atoms with Gasteiger partial charge in [-0.1, -0.05) is 72.8 Å². The first-order chi connectivity index (χ1) is 16.8. The molecule has 0 unspecified atom stereocenters. The van der Waals surface area contributed by atoms with Gasteiger partial charge in [-0.25, -0.2) is 13.4 Å². The Morgan fingerprint density at radius 3 is 2.03 bits per heavy atom. The van der Waals surface area contributed by atoms with Crippen LogP contribution in [0.4, 0.5) is 5.95 Å². The normalized spacial score (nSPS) is 11.5. The molecule has 0 fully saturated rings. The Kier molecular flexibility index (Phi) is 5.58. The summed E-state index contributed by atoms with van der Waals surface area (Å²) in [5.74, 6) is -0.624. The molecule has 0 saturated carbocycles. The molecule has 8 heteroatoms. The lowest BCUT2D eigenvalue weighted by Crippen LogP contribution is -2.13. The molecule has 4 N–H and O–H groups in total. The summed E-state index contributed by atoms with van der Waals surface area (Å²) in [6.07, 6.45) is 0. The van der Waals surface area contributed by atoms with Gasteiger partial charge >= 0.3 is 0 Å². The number of benzene rings is 4. The highest BCUT2D eigenvalue weighted by molar-refractivity contribution is 7.91. The number of carbonyl (C=O) groups excluding carboxylic acids is 1. The third-order valence-electron chi connectivity index (χ3n) is 5.89. The van der Waals surface area contributed by atoms with Crippen molar-refractivity contribution in [2.75, 3.05) is 5.73 Å². The van der Waals surface area contributed by atoms with Gasteiger partial charge in [0, 0.05) is 0 Å². The van der Waals surface area contributed by atoms with Crippen LogP contribution in [0, 0.1) is 0 Å². The predicted molar refractivity (Wildman–Crippen MR) is 136 cm³/mol. The van der Waals surface area contributed by atoms with Crippen LogP contribution in [0.15, 0.2) is 107 Å². The van der Waals surface area contributed by atoms with E-state index in [4.69, 9.17) is 11.5 Å². The fourth-order valence-electron chi connectivity index (χ4n) is 4.08. The van der Waals surface area contributed by atoms with Crippen LogP contribution in [0.5, 0.6) is 0 Å². The Morgan fingerprint density at radius 1 is 0.800 bits per heavy atom. The molecule has 0 spiro atoms. The molecule has 35 heavy (non-hydrogen) atoms. The van der Waals surface area contributed by atoms with Gasteiger partial charge in [0.2, 0.25) is 15.8 Å². The highest BCUT2D eigenvalue weighted by Crippen LogP contribution is 2.30. The minimum Gasteiger partial charge on any atom is -0.369 e. The molecule has 0 bridgehead atoms. The zero-order chi connectivity index (χ0) is 24.6. The molecule has 5 aromatic rings. The molecule has 0 atom stereocenters. The van der Waals surface area contributed by atoms with Gasteiger partial charge in [-0.2, -0.15) is 0 Å². The standard InChI is InChI=1S/C27H22N4O3S/c28-26(32)23-15-22(35(33,34)21-9-5-2-6-10-21)16-24-25(23)30-27(29)31(24)17-18-11-13-20(14-12-18)19-7-3-1-4-8-19/h1-16H,17H2,(H2,28,32)(H2,29,30). The van der Waals surface area contributed by atoms with E-state index in [2.05, 4.69) is 4.98 Å². The van der Waals surface area contributed by atoms with E-state index in [0.717, 1.165) is 16.7 Å². The third kappa shape index (κ3) is 4.15. The average molecular weight is 483 g/mol. The summed E-state index contributed by atoms with van der Waals surface area (Å²) >= 11 is 0. The number of fused-ring (bicyclic) bond motifs is 1. The molecule has 4 aromatic carbocycles. The monoisotopic (exact) mass is 482 g/mol. The molecule has 174 valence electrons. The summed E-state index contributed by atoms with van der Waals surface area (Å²) in [6.45, 7) is 0.338. The highest BCUT2D eigenvalue weighted by atomic mass is 32.2. The van der Waals surface area contributed by atoms with Crippen LogP contribution in [0.1, 0.15) is 15.9 Å². The summed E-state index contributed by atoms with van der Waals surface area (Å²) in [5.41, 5.74) is 15.6. The van der Waals surface area contributed by atoms with E-state index in [9.17, 15) is 13.2 Å². The summed E-state index contributed by atoms with van der Waals surface area (Å²) in [5, 5.41) is 0. The second-order valence-corrected chi connectivity index (χ2v) is 10.1. The van der Waals surface area contributed by atoms with E-state index in [1.54, 1.807) is 22.8 Å². The minimum absolute atomic E-state index is 0.00174. The van der Waals surface area contributed by atoms with Crippen molar-refractivity contribution in [3.63, 3.8) is 0 Å². The van der Waals surface area contributed by atoms with E-state index in [1.165, 1.54) is 24.3 Å². The Labute approximate surface area is 202 Å². The average Bonchev–Trinajstić information content (AvgIpc) is 3.19. The summed E-state index contributed by atoms with van der Waals surface area (Å²) in [7, 11) is -3.89. The molecule has 5 rings (SSSR count). The lowest BCUT2D eigenvalue weighted by molar-refractivity contribution is 0.100. The maximum absolute atomic E-state index is 13.3. The van der Waals surface area contributed by atoms with Crippen molar-refractivity contribution in [2.45, 2.75) is 16.3 Å². The van der Waals surface area contributed by atoms with Gasteiger partial charge in [0.1, 0.15) is 5.52 Å². The number of primary amides is 1. The number of hydrogen-bond acceptors (Lipinski definition) is 5. The number of aromatic nitrogens is 2. The highest BCUT2D eigenvalue weighted by Gasteiger charge is 2.24. The number of nitrogens with zero attached hydrogens (tertiary/aromatic N) is 2. The van der Waals surface area contributed by atoms with Crippen molar-refractivity contribution in [3.8, 4) is 11.1 Å². The molecular formula is C27H22N4O3S. The molecule has 0 aliphatic carbocycles. The molecule has 0 saturated heterocycles. The van der Waals surface area contributed by atoms with E-state index in [1.807, 2.05) is 54.6 Å². The van der Waals surface area contributed by atoms with Crippen LogP contribution < -0.4 is 11.5 Å². The summed E-state index contributed by atoms with van der Waals surface area (Å²) in [6, 6.07) is 28.8. The fraction of sp³-hybridized carbons (Fsp3) is 0.0370. The van der Waals surface area contributed by atoms with Crippen molar-refractivity contribution in [2.24, 2.45) is 5.73 Å². The van der Waals surface area contributed by atoms with E-state index < -0.39 is 15.7 Å². The molecule has 1 amide bonds. The van der Waals surface area contributed by atoms with Crippen molar-refractivity contribution in [1.82, 2.24) is 9.55 Å². The van der Waals surface area contributed by atoms with Crippen LogP contribution in [0.2, 0.25) is 0 Å². The minimum atomic E-state index is -3.89. The van der Waals surface area contributed by atoms with E-state index >= 15 is 0 Å². The first-order valence-electron chi connectivity index (χ1n) is 10.9. The van der Waals surface area contributed by atoms with E-state index in [0.29, 0.717) is 12.1 Å². The smallest absolute Gasteiger partial charge is 0.251 e. The van der Waals surface area contributed by atoms with Crippen molar-refractivity contribution < 1.29 is 13.2 Å². The second-order valence-electron chi connectivity index (χ2n) is 8.14. The molecule has 1 aromatic heterocycles. The van der Waals surface area contributed by atoms with Gasteiger partial charge in [0.15, 0.2) is 0 Å². The topological polar surface area (TPSA) is 121 Å². The molecular weight excluding hydrogens is 460 g/mol. The number of carbonyl (C=O) groups is 1.